The van der Waals surface area contributed by atoms with Gasteiger partial charge in [-0.2, -0.15) is 13.2 Å². The average Bonchev–Trinajstić information content (AvgIpc) is 3.61. The topological polar surface area (TPSA) is 171 Å². The summed E-state index contributed by atoms with van der Waals surface area (Å²) in [6, 6.07) is 14.0. The molecule has 2 atom stereocenters. The van der Waals surface area contributed by atoms with Crippen molar-refractivity contribution in [1.29, 1.82) is 0 Å². The molecule has 4 N–H and O–H groups in total. The predicted molar refractivity (Wildman–Crippen MR) is 184 cm³/mol. The predicted octanol–water partition coefficient (Wildman–Crippen LogP) is 5.73. The number of hydrogen-bond donors (Lipinski definition) is 3. The van der Waals surface area contributed by atoms with Gasteiger partial charge in [0.15, 0.2) is 0 Å². The van der Waals surface area contributed by atoms with Gasteiger partial charge in [-0.3, -0.25) is 0 Å². The summed E-state index contributed by atoms with van der Waals surface area (Å²) >= 11 is 0. The molecule has 2 unspecified atom stereocenters. The Morgan fingerprint density at radius 3 is 1.73 bits per heavy atom. The molecular formula is C33H38F3IN2O9S. The Morgan fingerprint density at radius 1 is 0.837 bits per heavy atom. The van der Waals surface area contributed by atoms with Crippen LogP contribution < -0.4 is 15.2 Å². The van der Waals surface area contributed by atoms with E-state index in [-0.39, 0.29) is 46.9 Å². The van der Waals surface area contributed by atoms with E-state index in [0.29, 0.717) is 34.4 Å². The second kappa shape index (κ2) is 17.3. The highest BCUT2D eigenvalue weighted by Crippen LogP contribution is 2.35. The third-order valence-corrected chi connectivity index (χ3v) is 9.59. The molecule has 0 aromatic heterocycles. The average molecular weight is 823 g/mol. The first kappa shape index (κ1) is 41.4. The number of carboxylic acids is 1. The van der Waals surface area contributed by atoms with E-state index in [1.807, 2.05) is 18.2 Å². The van der Waals surface area contributed by atoms with E-state index in [0.717, 1.165) is 36.0 Å². The standard InChI is InChI=1S/C20H23NO5S.C11H13NO2.C2HF3O2.HI/c1-12-9-16(25-3)10-13(2)19(12)27(23,24)21-18-8-7-14-5-6-15(11-17(14)18)20(22)26-4;1-14-11(13)8-3-2-7-4-5-10(12)9(7)6-8;3-2(4,5)1(6)7;/h5-6,9-11,18,21H,7-8H2,1-4H3;2-3,6,10H,4-5,12H2,1H3;(H,6,7);1H. The molecule has 11 nitrogen and oxygen atoms in total. The van der Waals surface area contributed by atoms with Crippen LogP contribution in [0.5, 0.6) is 5.75 Å². The van der Waals surface area contributed by atoms with Crippen LogP contribution in [0.2, 0.25) is 0 Å². The van der Waals surface area contributed by atoms with Crippen molar-refractivity contribution in [2.75, 3.05) is 21.3 Å². The lowest BCUT2D eigenvalue weighted by atomic mass is 10.0. The third kappa shape index (κ3) is 10.4. The van der Waals surface area contributed by atoms with Crippen LogP contribution in [0.4, 0.5) is 13.2 Å². The fraction of sp³-hybridized carbons (Fsp3) is 0.364. The zero-order valence-electron chi connectivity index (χ0n) is 27.3. The quantitative estimate of drug-likeness (QED) is 0.206. The fourth-order valence-electron chi connectivity index (χ4n) is 5.55. The van der Waals surface area contributed by atoms with Gasteiger partial charge in [-0.25, -0.2) is 27.5 Å². The highest BCUT2D eigenvalue weighted by atomic mass is 127. The van der Waals surface area contributed by atoms with Crippen molar-refractivity contribution in [3.05, 3.63) is 93.0 Å². The Hall–Kier alpha value is -3.74. The molecule has 5 rings (SSSR count). The number of sulfonamides is 1. The highest BCUT2D eigenvalue weighted by molar-refractivity contribution is 14.0. The molecule has 0 amide bonds. The highest BCUT2D eigenvalue weighted by Gasteiger charge is 2.38. The number of nitrogens with one attached hydrogen (secondary N) is 1. The number of ether oxygens (including phenoxy) is 3. The largest absolute Gasteiger partial charge is 0.497 e. The molecule has 16 heteroatoms. The molecule has 2 aliphatic carbocycles. The van der Waals surface area contributed by atoms with Gasteiger partial charge in [0.25, 0.3) is 0 Å². The molecule has 0 saturated carbocycles. The van der Waals surface area contributed by atoms with Gasteiger partial charge >= 0.3 is 24.1 Å². The summed E-state index contributed by atoms with van der Waals surface area (Å²) in [5, 5.41) is 7.12. The molecule has 0 heterocycles. The molecule has 0 bridgehead atoms. The van der Waals surface area contributed by atoms with Crippen molar-refractivity contribution in [2.24, 2.45) is 5.73 Å². The number of carbonyl (C=O) groups is 3. The molecular weight excluding hydrogens is 784 g/mol. The summed E-state index contributed by atoms with van der Waals surface area (Å²) in [7, 11) is 0.526. The molecule has 0 aliphatic heterocycles. The Bertz CT molecular complexity index is 1780. The van der Waals surface area contributed by atoms with Crippen molar-refractivity contribution < 1.29 is 55.3 Å². The summed E-state index contributed by atoms with van der Waals surface area (Å²) in [4.78, 5) is 32.2. The third-order valence-electron chi connectivity index (χ3n) is 7.81. The lowest BCUT2D eigenvalue weighted by molar-refractivity contribution is -0.192. The van der Waals surface area contributed by atoms with E-state index in [9.17, 15) is 31.2 Å². The van der Waals surface area contributed by atoms with Crippen molar-refractivity contribution in [3.8, 4) is 5.75 Å². The lowest BCUT2D eigenvalue weighted by Gasteiger charge is -2.18. The van der Waals surface area contributed by atoms with Gasteiger partial charge in [-0.05, 0) is 109 Å². The van der Waals surface area contributed by atoms with Crippen LogP contribution in [0.1, 0.15) is 79.0 Å². The number of carboxylic acid groups (broad SMARTS) is 1. The van der Waals surface area contributed by atoms with Crippen LogP contribution in [-0.4, -0.2) is 58.9 Å². The second-order valence-electron chi connectivity index (χ2n) is 11.1. The van der Waals surface area contributed by atoms with Crippen LogP contribution in [-0.2, 0) is 37.1 Å². The summed E-state index contributed by atoms with van der Waals surface area (Å²) in [5.74, 6) is -2.87. The second-order valence-corrected chi connectivity index (χ2v) is 12.7. The number of methoxy groups -OCH3 is 3. The van der Waals surface area contributed by atoms with Gasteiger partial charge in [0.2, 0.25) is 10.0 Å². The number of esters is 2. The molecule has 0 saturated heterocycles. The summed E-state index contributed by atoms with van der Waals surface area (Å²) in [5.41, 5.74) is 12.4. The summed E-state index contributed by atoms with van der Waals surface area (Å²) < 4.78 is 75.3. The molecule has 3 aromatic rings. The Kier molecular flexibility index (Phi) is 14.6. The molecule has 49 heavy (non-hydrogen) atoms. The fourth-order valence-corrected chi connectivity index (χ4v) is 7.25. The van der Waals surface area contributed by atoms with Crippen LogP contribution in [0, 0.1) is 13.8 Å². The van der Waals surface area contributed by atoms with Gasteiger partial charge in [0.05, 0.1) is 37.4 Å². The number of rotatable bonds is 6. The molecule has 268 valence electrons. The van der Waals surface area contributed by atoms with Crippen LogP contribution in [0.15, 0.2) is 53.4 Å². The minimum absolute atomic E-state index is 0. The molecule has 3 aromatic carbocycles. The maximum absolute atomic E-state index is 13.1. The number of carbonyl (C=O) groups excluding carboxylic acids is 2. The van der Waals surface area contributed by atoms with Gasteiger partial charge < -0.3 is 25.1 Å². The number of fused-ring (bicyclic) bond motifs is 2. The molecule has 2 aliphatic rings. The van der Waals surface area contributed by atoms with Crippen molar-refractivity contribution in [2.45, 2.75) is 62.7 Å². The first-order valence-corrected chi connectivity index (χ1v) is 16.1. The van der Waals surface area contributed by atoms with E-state index in [1.165, 1.54) is 19.8 Å². The van der Waals surface area contributed by atoms with E-state index in [1.54, 1.807) is 51.3 Å². The number of alkyl halides is 3. The number of aryl methyl sites for hydroxylation is 4. The zero-order chi connectivity index (χ0) is 36.0. The first-order chi connectivity index (χ1) is 22.4. The van der Waals surface area contributed by atoms with Crippen molar-refractivity contribution in [1.82, 2.24) is 4.72 Å². The number of hydrogen-bond acceptors (Lipinski definition) is 9. The van der Waals surface area contributed by atoms with Crippen molar-refractivity contribution in [3.63, 3.8) is 0 Å². The molecule has 0 spiro atoms. The molecule has 0 radical (unpaired) electrons. The van der Waals surface area contributed by atoms with E-state index in [4.69, 9.17) is 25.1 Å². The van der Waals surface area contributed by atoms with Gasteiger partial charge in [0.1, 0.15) is 5.75 Å². The van der Waals surface area contributed by atoms with E-state index < -0.39 is 28.1 Å². The Labute approximate surface area is 299 Å². The minimum atomic E-state index is -5.08. The Balaban J connectivity index is 0.000000315. The Morgan fingerprint density at radius 2 is 1.29 bits per heavy atom. The maximum Gasteiger partial charge on any atom is 0.490 e. The van der Waals surface area contributed by atoms with Gasteiger partial charge in [0, 0.05) is 12.1 Å². The number of benzene rings is 3. The SMILES string of the molecule is COC(=O)c1ccc2c(c1)C(N)CC2.COC(=O)c1ccc2c(c1)C(NS(=O)(=O)c1c(C)cc(OC)cc1C)CC2.I.O=C(O)C(F)(F)F. The van der Waals surface area contributed by atoms with Crippen LogP contribution in [0.25, 0.3) is 0 Å². The van der Waals surface area contributed by atoms with Gasteiger partial charge in [-0.15, -0.1) is 24.0 Å². The molecule has 0 fully saturated rings. The van der Waals surface area contributed by atoms with Gasteiger partial charge in [-0.1, -0.05) is 12.1 Å². The smallest absolute Gasteiger partial charge is 0.490 e. The van der Waals surface area contributed by atoms with Crippen molar-refractivity contribution >= 4 is 51.9 Å². The van der Waals surface area contributed by atoms with E-state index in [2.05, 4.69) is 9.46 Å². The first-order valence-electron chi connectivity index (χ1n) is 14.6. The van der Waals surface area contributed by atoms with Crippen LogP contribution in [0.3, 0.4) is 0 Å². The minimum Gasteiger partial charge on any atom is -0.497 e. The number of aliphatic carboxylic acids is 1. The maximum atomic E-state index is 13.1. The monoisotopic (exact) mass is 822 g/mol. The number of nitrogens with two attached hydrogens (primary N) is 1. The van der Waals surface area contributed by atoms with Crippen LogP contribution >= 0.6 is 24.0 Å². The number of halogens is 4. The normalized spacial score (nSPS) is 15.9. The summed E-state index contributed by atoms with van der Waals surface area (Å²) in [6.07, 6.45) is -1.70. The van der Waals surface area contributed by atoms with E-state index >= 15 is 0 Å². The lowest BCUT2D eigenvalue weighted by Crippen LogP contribution is -2.28. The zero-order valence-corrected chi connectivity index (χ0v) is 30.5. The summed E-state index contributed by atoms with van der Waals surface area (Å²) in [6.45, 7) is 3.50.